The van der Waals surface area contributed by atoms with E-state index in [2.05, 4.69) is 28.5 Å². The van der Waals surface area contributed by atoms with E-state index in [1.165, 1.54) is 0 Å². The van der Waals surface area contributed by atoms with Crippen molar-refractivity contribution in [3.8, 4) is 17.4 Å². The molecule has 2 aromatic carbocycles. The molecule has 0 fully saturated rings. The molecule has 5 nitrogen and oxygen atoms in total. The van der Waals surface area contributed by atoms with E-state index in [0.717, 1.165) is 35.6 Å². The van der Waals surface area contributed by atoms with E-state index >= 15 is 0 Å². The van der Waals surface area contributed by atoms with Gasteiger partial charge in [0.05, 0.1) is 13.7 Å². The molecular formula is C23H26N2O3. The van der Waals surface area contributed by atoms with Crippen LogP contribution in [0.25, 0.3) is 0 Å². The van der Waals surface area contributed by atoms with Crippen LogP contribution in [-0.2, 0) is 13.2 Å². The fraction of sp³-hybridized carbons (Fsp3) is 0.261. The minimum Gasteiger partial charge on any atom is -0.493 e. The predicted octanol–water partition coefficient (Wildman–Crippen LogP) is 4.23. The second kappa shape index (κ2) is 10.9. The van der Waals surface area contributed by atoms with Gasteiger partial charge in [-0.05, 0) is 30.7 Å². The summed E-state index contributed by atoms with van der Waals surface area (Å²) in [6.07, 6.45) is 2.62. The topological polar surface area (TPSA) is 52.6 Å². The van der Waals surface area contributed by atoms with Crippen LogP contribution in [0.1, 0.15) is 17.5 Å². The Balaban J connectivity index is 1.48. The number of aromatic nitrogens is 1. The highest BCUT2D eigenvalue weighted by molar-refractivity contribution is 5.46. The van der Waals surface area contributed by atoms with Crippen LogP contribution in [0, 0.1) is 0 Å². The Morgan fingerprint density at radius 3 is 2.54 bits per heavy atom. The van der Waals surface area contributed by atoms with Gasteiger partial charge in [0.15, 0.2) is 11.5 Å². The lowest BCUT2D eigenvalue weighted by molar-refractivity contribution is 0.279. The fourth-order valence-electron chi connectivity index (χ4n) is 2.78. The minimum absolute atomic E-state index is 0.506. The van der Waals surface area contributed by atoms with Crippen LogP contribution in [0.3, 0.4) is 0 Å². The summed E-state index contributed by atoms with van der Waals surface area (Å²) in [5, 5.41) is 3.44. The number of nitrogens with zero attached hydrogens (tertiary/aromatic N) is 1. The van der Waals surface area contributed by atoms with Gasteiger partial charge in [0.1, 0.15) is 6.61 Å². The van der Waals surface area contributed by atoms with Gasteiger partial charge in [0.2, 0.25) is 5.88 Å². The summed E-state index contributed by atoms with van der Waals surface area (Å²) < 4.78 is 17.2. The fourth-order valence-corrected chi connectivity index (χ4v) is 2.78. The molecule has 0 bridgehead atoms. The number of rotatable bonds is 11. The summed E-state index contributed by atoms with van der Waals surface area (Å²) in [6.45, 7) is 2.67. The van der Waals surface area contributed by atoms with Crippen molar-refractivity contribution in [3.05, 3.63) is 84.1 Å². The van der Waals surface area contributed by atoms with Crippen molar-refractivity contribution in [2.75, 3.05) is 20.3 Å². The predicted molar refractivity (Wildman–Crippen MR) is 110 cm³/mol. The van der Waals surface area contributed by atoms with Crippen LogP contribution in [0.5, 0.6) is 17.4 Å². The van der Waals surface area contributed by atoms with E-state index in [4.69, 9.17) is 14.2 Å². The number of methoxy groups -OCH3 is 1. The lowest BCUT2D eigenvalue weighted by Crippen LogP contribution is -2.18. The summed E-state index contributed by atoms with van der Waals surface area (Å²) in [4.78, 5) is 4.15. The van der Waals surface area contributed by atoms with Crippen molar-refractivity contribution < 1.29 is 14.2 Å². The molecule has 5 heteroatoms. The standard InChI is InChI=1S/C23H26N2O3/c1-26-21-12-7-11-20(23(21)28-18-19-9-3-2-4-10-19)17-24-14-8-16-27-22-13-5-6-15-25-22/h2-7,9-13,15,24H,8,14,16-18H2,1H3. The van der Waals surface area contributed by atoms with E-state index in [-0.39, 0.29) is 0 Å². The molecule has 0 aliphatic carbocycles. The molecule has 0 aliphatic heterocycles. The molecule has 146 valence electrons. The van der Waals surface area contributed by atoms with Gasteiger partial charge < -0.3 is 19.5 Å². The van der Waals surface area contributed by atoms with Crippen LogP contribution in [0.4, 0.5) is 0 Å². The summed E-state index contributed by atoms with van der Waals surface area (Å²) in [7, 11) is 1.66. The van der Waals surface area contributed by atoms with E-state index in [1.54, 1.807) is 13.3 Å². The molecule has 0 atom stereocenters. The van der Waals surface area contributed by atoms with Gasteiger partial charge >= 0.3 is 0 Å². The Morgan fingerprint density at radius 2 is 1.75 bits per heavy atom. The normalized spacial score (nSPS) is 10.5. The van der Waals surface area contributed by atoms with Crippen molar-refractivity contribution in [1.82, 2.24) is 10.3 Å². The molecule has 1 N–H and O–H groups in total. The summed E-state index contributed by atoms with van der Waals surface area (Å²) >= 11 is 0. The third-order valence-electron chi connectivity index (χ3n) is 4.21. The molecule has 3 aromatic rings. The zero-order valence-corrected chi connectivity index (χ0v) is 16.1. The first kappa shape index (κ1) is 19.7. The Bertz CT molecular complexity index is 826. The molecule has 0 spiro atoms. The molecule has 0 radical (unpaired) electrons. The third-order valence-corrected chi connectivity index (χ3v) is 4.21. The van der Waals surface area contributed by atoms with Crippen LogP contribution >= 0.6 is 0 Å². The first-order valence-electron chi connectivity index (χ1n) is 9.44. The van der Waals surface area contributed by atoms with Gasteiger partial charge in [0.25, 0.3) is 0 Å². The summed E-state index contributed by atoms with van der Waals surface area (Å²) in [5.74, 6) is 2.19. The third kappa shape index (κ3) is 5.99. The molecule has 3 rings (SSSR count). The number of hydrogen-bond acceptors (Lipinski definition) is 5. The number of benzene rings is 2. The maximum absolute atomic E-state index is 6.08. The molecule has 0 saturated carbocycles. The second-order valence-corrected chi connectivity index (χ2v) is 6.27. The van der Waals surface area contributed by atoms with Gasteiger partial charge in [-0.1, -0.05) is 48.5 Å². The first-order chi connectivity index (χ1) is 13.9. The van der Waals surface area contributed by atoms with Crippen LogP contribution in [-0.4, -0.2) is 25.2 Å². The largest absolute Gasteiger partial charge is 0.493 e. The Labute approximate surface area is 166 Å². The lowest BCUT2D eigenvalue weighted by Gasteiger charge is -2.16. The van der Waals surface area contributed by atoms with E-state index < -0.39 is 0 Å². The van der Waals surface area contributed by atoms with Crippen LogP contribution < -0.4 is 19.5 Å². The number of para-hydroxylation sites is 1. The molecule has 0 amide bonds. The van der Waals surface area contributed by atoms with Crippen LogP contribution in [0.2, 0.25) is 0 Å². The number of nitrogens with one attached hydrogen (secondary N) is 1. The average Bonchev–Trinajstić information content (AvgIpc) is 2.76. The Morgan fingerprint density at radius 1 is 0.893 bits per heavy atom. The Hall–Kier alpha value is -3.05. The van der Waals surface area contributed by atoms with E-state index in [0.29, 0.717) is 25.6 Å². The summed E-state index contributed by atoms with van der Waals surface area (Å²) in [5.41, 5.74) is 2.19. The molecule has 1 aromatic heterocycles. The van der Waals surface area contributed by atoms with E-state index in [1.807, 2.05) is 48.5 Å². The van der Waals surface area contributed by atoms with Gasteiger partial charge in [-0.25, -0.2) is 4.98 Å². The van der Waals surface area contributed by atoms with Gasteiger partial charge in [-0.2, -0.15) is 0 Å². The second-order valence-electron chi connectivity index (χ2n) is 6.27. The maximum Gasteiger partial charge on any atom is 0.213 e. The molecule has 0 unspecified atom stereocenters. The van der Waals surface area contributed by atoms with Crippen molar-refractivity contribution in [3.63, 3.8) is 0 Å². The molecule has 0 aliphatic rings. The van der Waals surface area contributed by atoms with Crippen molar-refractivity contribution in [2.24, 2.45) is 0 Å². The highest BCUT2D eigenvalue weighted by Crippen LogP contribution is 2.31. The van der Waals surface area contributed by atoms with Gasteiger partial charge in [0, 0.05) is 24.4 Å². The van der Waals surface area contributed by atoms with Gasteiger partial charge in [-0.15, -0.1) is 0 Å². The summed E-state index contributed by atoms with van der Waals surface area (Å²) in [6, 6.07) is 21.7. The smallest absolute Gasteiger partial charge is 0.213 e. The first-order valence-corrected chi connectivity index (χ1v) is 9.44. The number of pyridine rings is 1. The van der Waals surface area contributed by atoms with Crippen molar-refractivity contribution in [2.45, 2.75) is 19.6 Å². The molecular weight excluding hydrogens is 352 g/mol. The molecule has 28 heavy (non-hydrogen) atoms. The van der Waals surface area contributed by atoms with Gasteiger partial charge in [-0.3, -0.25) is 0 Å². The van der Waals surface area contributed by atoms with Crippen LogP contribution in [0.15, 0.2) is 72.9 Å². The zero-order chi connectivity index (χ0) is 19.4. The SMILES string of the molecule is COc1cccc(CNCCCOc2ccccn2)c1OCc1ccccc1. The molecule has 1 heterocycles. The van der Waals surface area contributed by atoms with Crippen molar-refractivity contribution in [1.29, 1.82) is 0 Å². The lowest BCUT2D eigenvalue weighted by atomic mass is 10.1. The highest BCUT2D eigenvalue weighted by atomic mass is 16.5. The number of ether oxygens (including phenoxy) is 3. The minimum atomic E-state index is 0.506. The monoisotopic (exact) mass is 378 g/mol. The quantitative estimate of drug-likeness (QED) is 0.506. The van der Waals surface area contributed by atoms with E-state index in [9.17, 15) is 0 Å². The highest BCUT2D eigenvalue weighted by Gasteiger charge is 2.10. The maximum atomic E-state index is 6.08. The number of hydrogen-bond donors (Lipinski definition) is 1. The Kier molecular flexibility index (Phi) is 7.70. The zero-order valence-electron chi connectivity index (χ0n) is 16.1. The average molecular weight is 378 g/mol. The molecule has 0 saturated heterocycles. The van der Waals surface area contributed by atoms with Crippen molar-refractivity contribution >= 4 is 0 Å².